The quantitative estimate of drug-likeness (QED) is 0.566. The first-order valence-electron chi connectivity index (χ1n) is 5.67. The van der Waals surface area contributed by atoms with Gasteiger partial charge in [0.2, 0.25) is 0 Å². The predicted octanol–water partition coefficient (Wildman–Crippen LogP) is 2.45. The molecule has 1 rings (SSSR count). The van der Waals surface area contributed by atoms with Crippen LogP contribution in [0.1, 0.15) is 24.6 Å². The molecule has 1 N–H and O–H groups in total. The molecule has 1 aromatic heterocycles. The van der Waals surface area contributed by atoms with E-state index in [2.05, 4.69) is 23.8 Å². The summed E-state index contributed by atoms with van der Waals surface area (Å²) in [6.45, 7) is 10.1. The third-order valence-corrected chi connectivity index (χ3v) is 2.18. The topological polar surface area (TPSA) is 34.1 Å². The summed E-state index contributed by atoms with van der Waals surface area (Å²) in [5, 5.41) is 3.34. The van der Waals surface area contributed by atoms with Crippen molar-refractivity contribution in [2.75, 3.05) is 13.2 Å². The van der Waals surface area contributed by atoms with Gasteiger partial charge in [-0.2, -0.15) is 0 Å². The van der Waals surface area contributed by atoms with Crippen molar-refractivity contribution in [2.45, 2.75) is 26.8 Å². The fourth-order valence-electron chi connectivity index (χ4n) is 1.38. The maximum atomic E-state index is 5.60. The number of aromatic nitrogens is 1. The van der Waals surface area contributed by atoms with E-state index < -0.39 is 0 Å². The van der Waals surface area contributed by atoms with Crippen molar-refractivity contribution in [3.05, 3.63) is 36.2 Å². The van der Waals surface area contributed by atoms with Gasteiger partial charge in [0.05, 0.1) is 0 Å². The van der Waals surface area contributed by atoms with Crippen LogP contribution in [-0.4, -0.2) is 18.1 Å². The largest absolute Gasteiger partial charge is 0.489 e. The van der Waals surface area contributed by atoms with Crippen molar-refractivity contribution in [3.63, 3.8) is 0 Å². The monoisotopic (exact) mass is 220 g/mol. The Morgan fingerprint density at radius 1 is 1.56 bits per heavy atom. The molecule has 0 atom stereocenters. The molecule has 3 nitrogen and oxygen atoms in total. The lowest BCUT2D eigenvalue weighted by Crippen LogP contribution is -2.15. The summed E-state index contributed by atoms with van der Waals surface area (Å²) in [6.07, 6.45) is 4.75. The third-order valence-electron chi connectivity index (χ3n) is 2.18. The zero-order valence-electron chi connectivity index (χ0n) is 10.1. The minimum absolute atomic E-state index is 0.532. The maximum absolute atomic E-state index is 5.60. The van der Waals surface area contributed by atoms with Gasteiger partial charge in [0.15, 0.2) is 0 Å². The normalized spacial score (nSPS) is 10.1. The van der Waals surface area contributed by atoms with Crippen LogP contribution in [0.4, 0.5) is 0 Å². The van der Waals surface area contributed by atoms with Crippen molar-refractivity contribution in [3.8, 4) is 5.75 Å². The van der Waals surface area contributed by atoms with E-state index in [9.17, 15) is 0 Å². The Morgan fingerprint density at radius 2 is 2.38 bits per heavy atom. The second-order valence-electron chi connectivity index (χ2n) is 3.71. The Hall–Kier alpha value is -1.35. The number of hydrogen-bond donors (Lipinski definition) is 1. The van der Waals surface area contributed by atoms with Crippen LogP contribution in [0.25, 0.3) is 0 Å². The van der Waals surface area contributed by atoms with E-state index in [1.165, 1.54) is 0 Å². The summed E-state index contributed by atoms with van der Waals surface area (Å²) in [4.78, 5) is 4.28. The third kappa shape index (κ3) is 4.03. The van der Waals surface area contributed by atoms with Crippen LogP contribution in [0.2, 0.25) is 0 Å². The van der Waals surface area contributed by atoms with E-state index >= 15 is 0 Å². The van der Waals surface area contributed by atoms with Crippen molar-refractivity contribution in [2.24, 2.45) is 0 Å². The van der Waals surface area contributed by atoms with E-state index in [0.717, 1.165) is 36.5 Å². The maximum Gasteiger partial charge on any atom is 0.127 e. The summed E-state index contributed by atoms with van der Waals surface area (Å²) >= 11 is 0. The van der Waals surface area contributed by atoms with E-state index in [4.69, 9.17) is 4.74 Å². The molecule has 1 heterocycles. The molecule has 0 saturated carbocycles. The molecule has 1 aromatic rings. The first kappa shape index (κ1) is 12.7. The molecule has 0 amide bonds. The second-order valence-corrected chi connectivity index (χ2v) is 3.71. The van der Waals surface area contributed by atoms with Crippen molar-refractivity contribution in [1.82, 2.24) is 10.3 Å². The van der Waals surface area contributed by atoms with Crippen molar-refractivity contribution < 1.29 is 4.74 Å². The Kier molecular flexibility index (Phi) is 5.57. The van der Waals surface area contributed by atoms with Crippen molar-refractivity contribution in [1.29, 1.82) is 0 Å². The number of rotatable bonds is 7. The van der Waals surface area contributed by atoms with Gasteiger partial charge in [0, 0.05) is 30.1 Å². The number of nitrogens with zero attached hydrogens (tertiary/aromatic N) is 1. The molecule has 0 spiro atoms. The summed E-state index contributed by atoms with van der Waals surface area (Å²) < 4.78 is 5.60. The van der Waals surface area contributed by atoms with Crippen LogP contribution in [0.15, 0.2) is 24.9 Å². The van der Waals surface area contributed by atoms with E-state index in [1.807, 2.05) is 19.2 Å². The van der Waals surface area contributed by atoms with Crippen LogP contribution < -0.4 is 10.1 Å². The van der Waals surface area contributed by atoms with Gasteiger partial charge < -0.3 is 10.1 Å². The highest BCUT2D eigenvalue weighted by molar-refractivity contribution is 5.32. The number of pyridine rings is 1. The predicted molar refractivity (Wildman–Crippen MR) is 66.7 cm³/mol. The van der Waals surface area contributed by atoms with Gasteiger partial charge in [0.25, 0.3) is 0 Å². The minimum atomic E-state index is 0.532. The fraction of sp³-hybridized carbons (Fsp3) is 0.462. The van der Waals surface area contributed by atoms with Crippen LogP contribution in [-0.2, 0) is 6.54 Å². The molecule has 0 fully saturated rings. The second kappa shape index (κ2) is 7.01. The summed E-state index contributed by atoms with van der Waals surface area (Å²) in [7, 11) is 0. The van der Waals surface area contributed by atoms with Crippen LogP contribution in [0, 0.1) is 6.92 Å². The summed E-state index contributed by atoms with van der Waals surface area (Å²) in [5.74, 6) is 0.899. The molecule has 0 radical (unpaired) electrons. The zero-order chi connectivity index (χ0) is 11.8. The molecular weight excluding hydrogens is 200 g/mol. The average molecular weight is 220 g/mol. The van der Waals surface area contributed by atoms with Gasteiger partial charge in [-0.3, -0.25) is 4.98 Å². The van der Waals surface area contributed by atoms with Gasteiger partial charge in [-0.15, -0.1) is 0 Å². The van der Waals surface area contributed by atoms with Gasteiger partial charge in [-0.05, 0) is 19.9 Å². The first-order chi connectivity index (χ1) is 7.77. The SMILES string of the molecule is C=CCOc1cc(C)ncc1CNCCC. The first-order valence-corrected chi connectivity index (χ1v) is 5.67. The average Bonchev–Trinajstić information content (AvgIpc) is 2.29. The molecule has 0 unspecified atom stereocenters. The Morgan fingerprint density at radius 3 is 3.06 bits per heavy atom. The molecule has 0 aliphatic heterocycles. The van der Waals surface area contributed by atoms with Crippen LogP contribution in [0.3, 0.4) is 0 Å². The highest BCUT2D eigenvalue weighted by atomic mass is 16.5. The Balaban J connectivity index is 2.68. The van der Waals surface area contributed by atoms with Gasteiger partial charge in [-0.1, -0.05) is 19.6 Å². The van der Waals surface area contributed by atoms with Crippen LogP contribution >= 0.6 is 0 Å². The number of nitrogens with one attached hydrogen (secondary N) is 1. The molecule has 0 bridgehead atoms. The smallest absolute Gasteiger partial charge is 0.127 e. The van der Waals surface area contributed by atoms with Gasteiger partial charge in [0.1, 0.15) is 12.4 Å². The number of aryl methyl sites for hydroxylation is 1. The Bertz CT molecular complexity index is 337. The van der Waals surface area contributed by atoms with Crippen LogP contribution in [0.5, 0.6) is 5.75 Å². The van der Waals surface area contributed by atoms with Crippen molar-refractivity contribution >= 4 is 0 Å². The zero-order valence-corrected chi connectivity index (χ0v) is 10.1. The summed E-state index contributed by atoms with van der Waals surface area (Å²) in [5.41, 5.74) is 2.07. The molecule has 0 aliphatic carbocycles. The minimum Gasteiger partial charge on any atom is -0.489 e. The fourth-order valence-corrected chi connectivity index (χ4v) is 1.38. The van der Waals surface area contributed by atoms with E-state index in [0.29, 0.717) is 6.61 Å². The lowest BCUT2D eigenvalue weighted by molar-refractivity contribution is 0.357. The lowest BCUT2D eigenvalue weighted by Gasteiger charge is -2.11. The highest BCUT2D eigenvalue weighted by Crippen LogP contribution is 2.18. The number of ether oxygens (including phenoxy) is 1. The number of hydrogen-bond acceptors (Lipinski definition) is 3. The van der Waals surface area contributed by atoms with Gasteiger partial charge in [-0.25, -0.2) is 0 Å². The Labute approximate surface area is 97.5 Å². The standard InChI is InChI=1S/C13H20N2O/c1-4-6-14-9-12-10-15-11(3)8-13(12)16-7-5-2/h5,8,10,14H,2,4,6-7,9H2,1,3H3. The molecule has 0 aromatic carbocycles. The molecule has 0 aliphatic rings. The molecule has 3 heteroatoms. The van der Waals surface area contributed by atoms with Gasteiger partial charge >= 0.3 is 0 Å². The summed E-state index contributed by atoms with van der Waals surface area (Å²) in [6, 6.07) is 1.96. The molecule has 0 saturated heterocycles. The molecular formula is C13H20N2O. The molecule has 88 valence electrons. The highest BCUT2D eigenvalue weighted by Gasteiger charge is 2.04. The molecule has 16 heavy (non-hydrogen) atoms. The lowest BCUT2D eigenvalue weighted by atomic mass is 10.2. The van der Waals surface area contributed by atoms with E-state index in [-0.39, 0.29) is 0 Å². The van der Waals surface area contributed by atoms with E-state index in [1.54, 1.807) is 6.08 Å².